The molecule has 1 amide bonds. The van der Waals surface area contributed by atoms with E-state index < -0.39 is 0 Å². The SMILES string of the molecule is COC(=O)N1CC(C)C(N)C1. The van der Waals surface area contributed by atoms with Crippen LogP contribution < -0.4 is 5.73 Å². The third-order valence-corrected chi connectivity index (χ3v) is 2.10. The summed E-state index contributed by atoms with van der Waals surface area (Å²) in [6, 6.07) is 0.106. The number of likely N-dealkylation sites (tertiary alicyclic amines) is 1. The second-order valence-corrected chi connectivity index (χ2v) is 3.02. The van der Waals surface area contributed by atoms with Crippen molar-refractivity contribution < 1.29 is 9.53 Å². The topological polar surface area (TPSA) is 55.6 Å². The number of methoxy groups -OCH3 is 1. The molecule has 64 valence electrons. The van der Waals surface area contributed by atoms with Crippen LogP contribution in [0.25, 0.3) is 0 Å². The molecule has 4 heteroatoms. The van der Waals surface area contributed by atoms with Crippen molar-refractivity contribution in [2.45, 2.75) is 13.0 Å². The first kappa shape index (κ1) is 8.33. The molecule has 2 atom stereocenters. The van der Waals surface area contributed by atoms with Crippen molar-refractivity contribution in [3.63, 3.8) is 0 Å². The molecule has 0 aromatic carbocycles. The van der Waals surface area contributed by atoms with Gasteiger partial charge >= 0.3 is 6.09 Å². The molecular weight excluding hydrogens is 144 g/mol. The number of hydrogen-bond donors (Lipinski definition) is 1. The summed E-state index contributed by atoms with van der Waals surface area (Å²) in [5.41, 5.74) is 5.71. The highest BCUT2D eigenvalue weighted by molar-refractivity contribution is 5.67. The van der Waals surface area contributed by atoms with Crippen LogP contribution in [0.15, 0.2) is 0 Å². The van der Waals surface area contributed by atoms with Gasteiger partial charge in [-0.15, -0.1) is 0 Å². The van der Waals surface area contributed by atoms with Gasteiger partial charge < -0.3 is 15.4 Å². The normalized spacial score (nSPS) is 30.6. The summed E-state index contributed by atoms with van der Waals surface area (Å²) in [7, 11) is 1.39. The van der Waals surface area contributed by atoms with Gasteiger partial charge in [0.05, 0.1) is 7.11 Å². The maximum Gasteiger partial charge on any atom is 0.409 e. The second-order valence-electron chi connectivity index (χ2n) is 3.02. The van der Waals surface area contributed by atoms with E-state index in [4.69, 9.17) is 5.73 Å². The third-order valence-electron chi connectivity index (χ3n) is 2.10. The van der Waals surface area contributed by atoms with Crippen molar-refractivity contribution in [1.82, 2.24) is 4.90 Å². The van der Waals surface area contributed by atoms with Crippen LogP contribution in [0.3, 0.4) is 0 Å². The minimum Gasteiger partial charge on any atom is -0.453 e. The Morgan fingerprint density at radius 1 is 1.64 bits per heavy atom. The smallest absolute Gasteiger partial charge is 0.409 e. The van der Waals surface area contributed by atoms with Gasteiger partial charge in [-0.05, 0) is 5.92 Å². The number of nitrogens with zero attached hydrogens (tertiary/aromatic N) is 1. The minimum atomic E-state index is -0.273. The molecule has 2 N–H and O–H groups in total. The maximum absolute atomic E-state index is 11.0. The Hall–Kier alpha value is -0.770. The number of rotatable bonds is 0. The predicted molar refractivity (Wildman–Crippen MR) is 41.1 cm³/mol. The zero-order chi connectivity index (χ0) is 8.43. The largest absolute Gasteiger partial charge is 0.453 e. The zero-order valence-corrected chi connectivity index (χ0v) is 6.91. The Balaban J connectivity index is 2.46. The fourth-order valence-corrected chi connectivity index (χ4v) is 1.27. The molecule has 0 radical (unpaired) electrons. The Kier molecular flexibility index (Phi) is 2.34. The molecule has 0 aromatic heterocycles. The Morgan fingerprint density at radius 2 is 2.27 bits per heavy atom. The number of carbonyl (C=O) groups is 1. The number of hydrogen-bond acceptors (Lipinski definition) is 3. The highest BCUT2D eigenvalue weighted by Crippen LogP contribution is 2.14. The molecule has 2 unspecified atom stereocenters. The average Bonchev–Trinajstić information content (AvgIpc) is 2.31. The fourth-order valence-electron chi connectivity index (χ4n) is 1.27. The molecule has 0 bridgehead atoms. The van der Waals surface area contributed by atoms with E-state index in [1.807, 2.05) is 6.92 Å². The molecule has 0 aliphatic carbocycles. The van der Waals surface area contributed by atoms with Crippen LogP contribution in [-0.2, 0) is 4.74 Å². The van der Waals surface area contributed by atoms with Gasteiger partial charge in [-0.2, -0.15) is 0 Å². The first-order valence-corrected chi connectivity index (χ1v) is 3.73. The average molecular weight is 158 g/mol. The van der Waals surface area contributed by atoms with Crippen LogP contribution >= 0.6 is 0 Å². The van der Waals surface area contributed by atoms with E-state index in [1.54, 1.807) is 4.90 Å². The van der Waals surface area contributed by atoms with E-state index in [-0.39, 0.29) is 12.1 Å². The summed E-state index contributed by atoms with van der Waals surface area (Å²) in [5.74, 6) is 0.383. The van der Waals surface area contributed by atoms with Crippen molar-refractivity contribution in [2.24, 2.45) is 11.7 Å². The van der Waals surface area contributed by atoms with Gasteiger partial charge in [-0.3, -0.25) is 0 Å². The highest BCUT2D eigenvalue weighted by atomic mass is 16.5. The van der Waals surface area contributed by atoms with E-state index in [0.29, 0.717) is 19.0 Å². The molecule has 1 heterocycles. The lowest BCUT2D eigenvalue weighted by molar-refractivity contribution is 0.131. The van der Waals surface area contributed by atoms with E-state index in [9.17, 15) is 4.79 Å². The van der Waals surface area contributed by atoms with Crippen molar-refractivity contribution in [1.29, 1.82) is 0 Å². The van der Waals surface area contributed by atoms with Crippen molar-refractivity contribution in [2.75, 3.05) is 20.2 Å². The van der Waals surface area contributed by atoms with E-state index in [0.717, 1.165) is 0 Å². The molecular formula is C7H14N2O2. The standard InChI is InChI=1S/C7H14N2O2/c1-5-3-9(4-6(5)8)7(10)11-2/h5-6H,3-4,8H2,1-2H3. The molecule has 4 nitrogen and oxygen atoms in total. The second kappa shape index (κ2) is 3.09. The van der Waals surface area contributed by atoms with E-state index >= 15 is 0 Å². The van der Waals surface area contributed by atoms with Crippen LogP contribution in [0.1, 0.15) is 6.92 Å². The number of amides is 1. The summed E-state index contributed by atoms with van der Waals surface area (Å²) in [5, 5.41) is 0. The molecule has 1 fully saturated rings. The lowest BCUT2D eigenvalue weighted by Crippen LogP contribution is -2.31. The Labute approximate surface area is 66.3 Å². The van der Waals surface area contributed by atoms with Crippen LogP contribution in [0.2, 0.25) is 0 Å². The summed E-state index contributed by atoms with van der Waals surface area (Å²) in [6.07, 6.45) is -0.273. The first-order chi connectivity index (χ1) is 5.15. The van der Waals surface area contributed by atoms with E-state index in [2.05, 4.69) is 4.74 Å². The molecule has 0 saturated carbocycles. The molecule has 1 aliphatic rings. The molecule has 1 saturated heterocycles. The monoisotopic (exact) mass is 158 g/mol. The summed E-state index contributed by atoms with van der Waals surface area (Å²) < 4.78 is 4.56. The minimum absolute atomic E-state index is 0.106. The van der Waals surface area contributed by atoms with Crippen molar-refractivity contribution >= 4 is 6.09 Å². The van der Waals surface area contributed by atoms with Crippen molar-refractivity contribution in [3.8, 4) is 0 Å². The van der Waals surface area contributed by atoms with Crippen LogP contribution in [-0.4, -0.2) is 37.2 Å². The molecule has 0 spiro atoms. The van der Waals surface area contributed by atoms with Crippen LogP contribution in [0, 0.1) is 5.92 Å². The van der Waals surface area contributed by atoms with Gasteiger partial charge in [-0.1, -0.05) is 6.92 Å². The van der Waals surface area contributed by atoms with Gasteiger partial charge in [0.25, 0.3) is 0 Å². The Morgan fingerprint density at radius 3 is 2.64 bits per heavy atom. The fraction of sp³-hybridized carbons (Fsp3) is 0.857. The molecule has 1 aliphatic heterocycles. The molecule has 1 rings (SSSR count). The van der Waals surface area contributed by atoms with Gasteiger partial charge in [0, 0.05) is 19.1 Å². The number of carbonyl (C=O) groups excluding carboxylic acids is 1. The number of ether oxygens (including phenoxy) is 1. The van der Waals surface area contributed by atoms with Crippen LogP contribution in [0.4, 0.5) is 4.79 Å². The van der Waals surface area contributed by atoms with Gasteiger partial charge in [0.15, 0.2) is 0 Å². The van der Waals surface area contributed by atoms with Gasteiger partial charge in [-0.25, -0.2) is 4.79 Å². The predicted octanol–water partition coefficient (Wildman–Crippen LogP) is 0.0318. The highest BCUT2D eigenvalue weighted by Gasteiger charge is 2.30. The first-order valence-electron chi connectivity index (χ1n) is 3.73. The third kappa shape index (κ3) is 1.63. The van der Waals surface area contributed by atoms with Gasteiger partial charge in [0.2, 0.25) is 0 Å². The quantitative estimate of drug-likeness (QED) is 0.541. The van der Waals surface area contributed by atoms with Gasteiger partial charge in [0.1, 0.15) is 0 Å². The Bertz CT molecular complexity index is 151. The lowest BCUT2D eigenvalue weighted by atomic mass is 10.1. The summed E-state index contributed by atoms with van der Waals surface area (Å²) in [4.78, 5) is 12.6. The molecule has 11 heavy (non-hydrogen) atoms. The lowest BCUT2D eigenvalue weighted by Gasteiger charge is -2.12. The zero-order valence-electron chi connectivity index (χ0n) is 6.91. The molecule has 0 aromatic rings. The summed E-state index contributed by atoms with van der Waals surface area (Å²) >= 11 is 0. The number of nitrogens with two attached hydrogens (primary N) is 1. The summed E-state index contributed by atoms with van der Waals surface area (Å²) in [6.45, 7) is 3.37. The van der Waals surface area contributed by atoms with E-state index in [1.165, 1.54) is 7.11 Å². The van der Waals surface area contributed by atoms with Crippen LogP contribution in [0.5, 0.6) is 0 Å². The van der Waals surface area contributed by atoms with Crippen molar-refractivity contribution in [3.05, 3.63) is 0 Å². The maximum atomic E-state index is 11.0.